The highest BCUT2D eigenvalue weighted by Crippen LogP contribution is 2.48. The average Bonchev–Trinajstić information content (AvgIpc) is 2.95. The first-order valence-corrected chi connectivity index (χ1v) is 30.5. The molecule has 0 saturated carbocycles. The van der Waals surface area contributed by atoms with Crippen molar-refractivity contribution in [2.75, 3.05) is 40.5 Å². The number of hydrogen-bond acceptors (Lipinski definition) is 13. The number of ether oxygens (including phenoxy) is 1. The number of nitrogens with zero attached hydrogens (tertiary/aromatic N) is 5. The van der Waals surface area contributed by atoms with Crippen molar-refractivity contribution in [1.82, 2.24) is 25.3 Å². The average molecular weight is 1140 g/mol. The van der Waals surface area contributed by atoms with Crippen LogP contribution in [0.3, 0.4) is 0 Å². The Bertz CT molecular complexity index is 3810. The molecule has 0 fully saturated rings. The van der Waals surface area contributed by atoms with Gasteiger partial charge in [-0.1, -0.05) is 68.5 Å². The molecule has 0 radical (unpaired) electrons. The van der Waals surface area contributed by atoms with Gasteiger partial charge in [-0.05, 0) is 143 Å². The molecule has 18 nitrogen and oxygen atoms in total. The quantitative estimate of drug-likeness (QED) is 0.0210. The third-order valence-corrected chi connectivity index (χ3v) is 16.8. The number of aromatic amines is 1. The number of hydrogen-bond donors (Lipinski definition) is 6. The Labute approximate surface area is 473 Å². The lowest BCUT2D eigenvalue weighted by atomic mass is 9.81. The molecule has 20 heteroatoms. The van der Waals surface area contributed by atoms with Crippen LogP contribution < -0.4 is 31.6 Å². The second-order valence-corrected chi connectivity index (χ2v) is 25.1. The number of fused-ring (bicyclic) bond motifs is 3. The van der Waals surface area contributed by atoms with Crippen LogP contribution in [0.15, 0.2) is 155 Å². The molecule has 4 aromatic carbocycles. The summed E-state index contributed by atoms with van der Waals surface area (Å²) < 4.78 is 74.7. The highest BCUT2D eigenvalue weighted by molar-refractivity contribution is 7.86. The minimum Gasteiger partial charge on any atom is -0.457 e. The number of carbonyl (C=O) groups is 1. The smallest absolute Gasteiger partial charge is 0.280 e. The third-order valence-electron chi connectivity index (χ3n) is 15.2. The summed E-state index contributed by atoms with van der Waals surface area (Å²) in [6.07, 6.45) is 14.9. The highest BCUT2D eigenvalue weighted by Gasteiger charge is 2.44. The molecule has 0 spiro atoms. The van der Waals surface area contributed by atoms with Crippen molar-refractivity contribution in [2.45, 2.75) is 109 Å². The number of anilines is 3. The molecule has 0 unspecified atom stereocenters. The molecule has 1 amide bonds. The van der Waals surface area contributed by atoms with Gasteiger partial charge in [-0.15, -0.1) is 0 Å². The number of H-pyrrole nitrogens is 1. The van der Waals surface area contributed by atoms with Crippen LogP contribution in [0, 0.1) is 0 Å². The van der Waals surface area contributed by atoms with Gasteiger partial charge >= 0.3 is 0 Å². The number of carbonyl (C=O) groups excluding carboxylic acids is 1. The summed E-state index contributed by atoms with van der Waals surface area (Å²) in [5.41, 5.74) is 16.0. The van der Waals surface area contributed by atoms with Crippen molar-refractivity contribution in [3.05, 3.63) is 188 Å². The fourth-order valence-corrected chi connectivity index (χ4v) is 12.2. The van der Waals surface area contributed by atoms with E-state index >= 15 is 0 Å². The maximum absolute atomic E-state index is 13.4. The SMILES string of the molecule is C[C@@H](Cc1ccc(OC2=C(C=CC3=[N+](CCCCS(=O)(=O)O)c4ccccc4C3(C)C)CCCC2=CC=C2N(CCCCS(=O)(=O)O)c3ccccc3C2(C)C)cc1)NC(=O)c1ccc(NCc2cnc3nc(N)[nH]c(=O)c3n2)cc1. The van der Waals surface area contributed by atoms with Crippen LogP contribution in [0.2, 0.25) is 0 Å². The van der Waals surface area contributed by atoms with Gasteiger partial charge in [-0.25, -0.2) is 9.97 Å². The van der Waals surface area contributed by atoms with Gasteiger partial charge in [0.2, 0.25) is 11.6 Å². The molecule has 81 heavy (non-hydrogen) atoms. The van der Waals surface area contributed by atoms with Crippen LogP contribution in [-0.2, 0) is 44.0 Å². The molecule has 424 valence electrons. The molecule has 9 rings (SSSR count). The zero-order valence-electron chi connectivity index (χ0n) is 46.3. The monoisotopic (exact) mass is 1140 g/mol. The third kappa shape index (κ3) is 13.9. The number of unbranched alkanes of at least 4 members (excludes halogenated alkanes) is 2. The lowest BCUT2D eigenvalue weighted by Gasteiger charge is -2.27. The largest absolute Gasteiger partial charge is 0.457 e. The number of benzene rings is 4. The topological polar surface area (TPSA) is 263 Å². The summed E-state index contributed by atoms with van der Waals surface area (Å²) in [6.45, 7) is 12.2. The minimum atomic E-state index is -4.09. The number of nitrogens with one attached hydrogen (secondary N) is 3. The molecule has 3 aliphatic rings. The molecule has 0 bridgehead atoms. The Morgan fingerprint density at radius 1 is 0.840 bits per heavy atom. The summed E-state index contributed by atoms with van der Waals surface area (Å²) >= 11 is 0. The van der Waals surface area contributed by atoms with E-state index in [0.717, 1.165) is 81.3 Å². The standard InChI is InChI=1S/C61H69N9O9S2/c1-40(65-57(71)44-23-27-45(28-24-44)63-38-46-39-64-56-54(66-46)58(72)68-59(62)67-56)37-41-21-29-47(30-22-41)79-55-42(25-31-52-60(2,3)48-17-6-8-19-50(48)69(52)33-10-12-35-80(73,74)75)15-14-16-43(55)26-32-53-61(4,5)49-18-7-9-20-51(49)70(53)34-11-13-36-81(76,77)78/h6-9,17-32,39-40H,10-16,33-38H2,1-5H3,(H6-,62,63,64,65,67,68,71,72,73,74,75,76,77,78)/p+1/t40-/m0/s1. The van der Waals surface area contributed by atoms with Gasteiger partial charge < -0.3 is 26.0 Å². The molecule has 1 atom stereocenters. The van der Waals surface area contributed by atoms with Crippen molar-refractivity contribution in [3.8, 4) is 5.75 Å². The van der Waals surface area contributed by atoms with Gasteiger partial charge in [0.25, 0.3) is 31.7 Å². The molecule has 2 aliphatic heterocycles. The van der Waals surface area contributed by atoms with Crippen LogP contribution in [0.4, 0.5) is 23.0 Å². The van der Waals surface area contributed by atoms with E-state index in [0.29, 0.717) is 62.2 Å². The summed E-state index contributed by atoms with van der Waals surface area (Å²) in [5, 5.41) is 6.37. The van der Waals surface area contributed by atoms with E-state index in [1.54, 1.807) is 24.3 Å². The second-order valence-electron chi connectivity index (χ2n) is 22.0. The van der Waals surface area contributed by atoms with Crippen molar-refractivity contribution in [2.24, 2.45) is 0 Å². The Morgan fingerprint density at radius 2 is 1.53 bits per heavy atom. The zero-order chi connectivity index (χ0) is 57.7. The lowest BCUT2D eigenvalue weighted by molar-refractivity contribution is -0.438. The van der Waals surface area contributed by atoms with E-state index in [1.165, 1.54) is 6.20 Å². The summed E-state index contributed by atoms with van der Waals surface area (Å²) in [7, 11) is -8.17. The van der Waals surface area contributed by atoms with Crippen molar-refractivity contribution in [3.63, 3.8) is 0 Å². The Morgan fingerprint density at radius 3 is 2.26 bits per heavy atom. The van der Waals surface area contributed by atoms with Gasteiger partial charge in [-0.2, -0.15) is 26.4 Å². The van der Waals surface area contributed by atoms with Gasteiger partial charge in [0.1, 0.15) is 18.1 Å². The number of rotatable bonds is 22. The molecule has 1 aliphatic carbocycles. The zero-order valence-corrected chi connectivity index (χ0v) is 47.9. The van der Waals surface area contributed by atoms with Crippen LogP contribution in [0.1, 0.15) is 112 Å². The fourth-order valence-electron chi connectivity index (χ4n) is 11.1. The maximum atomic E-state index is 13.4. The number of aromatic nitrogens is 4. The van der Waals surface area contributed by atoms with Crippen molar-refractivity contribution < 1.29 is 40.0 Å². The van der Waals surface area contributed by atoms with Crippen LogP contribution >= 0.6 is 0 Å². The minimum absolute atomic E-state index is 0.0326. The first-order chi connectivity index (χ1) is 38.5. The second kappa shape index (κ2) is 24.1. The van der Waals surface area contributed by atoms with Crippen molar-refractivity contribution >= 4 is 66.0 Å². The van der Waals surface area contributed by atoms with Crippen LogP contribution in [-0.4, -0.2) is 92.7 Å². The first-order valence-electron chi connectivity index (χ1n) is 27.3. The van der Waals surface area contributed by atoms with E-state index < -0.39 is 25.8 Å². The number of para-hydroxylation sites is 2. The number of allylic oxidation sites excluding steroid dienone is 7. The van der Waals surface area contributed by atoms with E-state index in [1.807, 2.05) is 55.5 Å². The summed E-state index contributed by atoms with van der Waals surface area (Å²) in [5.74, 6) is 0.539. The Kier molecular flexibility index (Phi) is 17.2. The first kappa shape index (κ1) is 57.9. The Hall–Kier alpha value is -7.78. The molecule has 7 N–H and O–H groups in total. The number of nitrogens with two attached hydrogens (primary N) is 1. The lowest BCUT2D eigenvalue weighted by Crippen LogP contribution is -2.34. The van der Waals surface area contributed by atoms with E-state index in [4.69, 9.17) is 10.5 Å². The van der Waals surface area contributed by atoms with Crippen LogP contribution in [0.5, 0.6) is 5.75 Å². The van der Waals surface area contributed by atoms with Gasteiger partial charge in [0.05, 0.1) is 35.4 Å². The predicted molar refractivity (Wildman–Crippen MR) is 317 cm³/mol. The number of nitrogen functional groups attached to an aromatic ring is 1. The van der Waals surface area contributed by atoms with E-state index in [2.05, 4.69) is 116 Å². The van der Waals surface area contributed by atoms with E-state index in [9.17, 15) is 35.5 Å². The highest BCUT2D eigenvalue weighted by atomic mass is 32.2. The maximum Gasteiger partial charge on any atom is 0.280 e. The summed E-state index contributed by atoms with van der Waals surface area (Å²) in [6, 6.07) is 31.3. The number of amides is 1. The Balaban J connectivity index is 0.952. The predicted octanol–water partition coefficient (Wildman–Crippen LogP) is 9.66. The normalized spacial score (nSPS) is 17.3. The molecule has 0 saturated heterocycles. The molecule has 2 aromatic heterocycles. The van der Waals surface area contributed by atoms with Crippen molar-refractivity contribution in [1.29, 1.82) is 0 Å². The molecular weight excluding hydrogens is 1070 g/mol. The molecule has 6 aromatic rings. The molecule has 4 heterocycles. The van der Waals surface area contributed by atoms with Gasteiger partial charge in [0.15, 0.2) is 16.9 Å². The van der Waals surface area contributed by atoms with Gasteiger partial charge in [-0.3, -0.25) is 23.7 Å². The molecular formula is C61H70N9O9S2+. The van der Waals surface area contributed by atoms with Gasteiger partial charge in [0, 0.05) is 64.8 Å². The van der Waals surface area contributed by atoms with E-state index in [-0.39, 0.29) is 57.9 Å². The fraction of sp³-hybridized carbons (Fsp3) is 0.344. The summed E-state index contributed by atoms with van der Waals surface area (Å²) in [4.78, 5) is 43.0. The van der Waals surface area contributed by atoms with Crippen LogP contribution in [0.25, 0.3) is 11.2 Å².